The van der Waals surface area contributed by atoms with Gasteiger partial charge in [-0.05, 0) is 84.9 Å². The van der Waals surface area contributed by atoms with Crippen LogP contribution in [0.1, 0.15) is 0 Å². The molecule has 0 bridgehead atoms. The van der Waals surface area contributed by atoms with Crippen molar-refractivity contribution in [3.63, 3.8) is 0 Å². The van der Waals surface area contributed by atoms with Crippen molar-refractivity contribution >= 4 is 43.4 Å². The molecule has 2 nitrogen and oxygen atoms in total. The molecule has 0 atom stereocenters. The number of benzene rings is 7. The van der Waals surface area contributed by atoms with Crippen molar-refractivity contribution in [1.82, 2.24) is 4.98 Å². The van der Waals surface area contributed by atoms with Crippen LogP contribution in [-0.4, -0.2) is 4.98 Å². The third kappa shape index (κ3) is 3.53. The Kier molecular flexibility index (Phi) is 4.86. The van der Waals surface area contributed by atoms with Crippen LogP contribution in [0.2, 0.25) is 0 Å². The van der Waals surface area contributed by atoms with Crippen molar-refractivity contribution in [3.05, 3.63) is 140 Å². The molecule has 0 amide bonds. The highest BCUT2D eigenvalue weighted by atomic mass is 16.3. The molecule has 0 unspecified atom stereocenters. The summed E-state index contributed by atoms with van der Waals surface area (Å²) in [5.74, 6) is 0.643. The highest BCUT2D eigenvalue weighted by Gasteiger charge is 2.17. The van der Waals surface area contributed by atoms with Crippen molar-refractivity contribution in [3.8, 4) is 33.7 Å². The normalized spacial score (nSPS) is 11.6. The minimum Gasteiger partial charge on any atom is -0.436 e. The summed E-state index contributed by atoms with van der Waals surface area (Å²) in [6.45, 7) is 0. The van der Waals surface area contributed by atoms with Crippen molar-refractivity contribution in [2.45, 2.75) is 0 Å². The van der Waals surface area contributed by atoms with Crippen LogP contribution in [0.25, 0.3) is 77.1 Å². The van der Waals surface area contributed by atoms with E-state index in [9.17, 15) is 0 Å². The van der Waals surface area contributed by atoms with Crippen LogP contribution in [0.3, 0.4) is 0 Å². The Morgan fingerprint density at radius 1 is 0.410 bits per heavy atom. The first-order valence-electron chi connectivity index (χ1n) is 13.2. The first-order valence-corrected chi connectivity index (χ1v) is 13.2. The molecule has 0 spiro atoms. The van der Waals surface area contributed by atoms with E-state index in [1.54, 1.807) is 0 Å². The minimum absolute atomic E-state index is 0.643. The Hall–Kier alpha value is -5.21. The van der Waals surface area contributed by atoms with Crippen LogP contribution >= 0.6 is 0 Å². The standard InChI is InChI=1S/C37H23NO/c1-2-10-27-23-28(22-17-24(27)9-1)36-31-13-5-3-11-29(31)35(30-12-4-6-14-32(30)36)25-18-20-26(21-19-25)37-38-33-15-7-8-16-34(33)39-37/h1-23H. The van der Waals surface area contributed by atoms with Gasteiger partial charge in [-0.3, -0.25) is 0 Å². The topological polar surface area (TPSA) is 26.0 Å². The van der Waals surface area contributed by atoms with E-state index in [0.29, 0.717) is 5.89 Å². The van der Waals surface area contributed by atoms with Crippen LogP contribution < -0.4 is 0 Å². The zero-order valence-electron chi connectivity index (χ0n) is 21.1. The lowest BCUT2D eigenvalue weighted by atomic mass is 9.85. The summed E-state index contributed by atoms with van der Waals surface area (Å²) in [6, 6.07) is 49.4. The molecule has 0 N–H and O–H groups in total. The lowest BCUT2D eigenvalue weighted by molar-refractivity contribution is 0.620. The number of hydrogen-bond acceptors (Lipinski definition) is 2. The van der Waals surface area contributed by atoms with E-state index in [2.05, 4.69) is 120 Å². The average Bonchev–Trinajstić information content (AvgIpc) is 3.44. The van der Waals surface area contributed by atoms with Gasteiger partial charge in [0, 0.05) is 5.56 Å². The van der Waals surface area contributed by atoms with Crippen molar-refractivity contribution in [2.75, 3.05) is 0 Å². The molecule has 0 fully saturated rings. The van der Waals surface area contributed by atoms with Gasteiger partial charge in [-0.15, -0.1) is 0 Å². The van der Waals surface area contributed by atoms with E-state index in [4.69, 9.17) is 4.42 Å². The molecule has 39 heavy (non-hydrogen) atoms. The Bertz CT molecular complexity index is 2080. The van der Waals surface area contributed by atoms with E-state index >= 15 is 0 Å². The highest BCUT2D eigenvalue weighted by molar-refractivity contribution is 6.21. The number of aromatic nitrogens is 1. The number of fused-ring (bicyclic) bond motifs is 4. The molecule has 1 heterocycles. The molecule has 182 valence electrons. The van der Waals surface area contributed by atoms with Crippen molar-refractivity contribution in [2.24, 2.45) is 0 Å². The predicted molar refractivity (Wildman–Crippen MR) is 163 cm³/mol. The first-order chi connectivity index (χ1) is 19.3. The monoisotopic (exact) mass is 497 g/mol. The summed E-state index contributed by atoms with van der Waals surface area (Å²) in [7, 11) is 0. The molecule has 0 radical (unpaired) electrons. The fourth-order valence-corrected chi connectivity index (χ4v) is 5.87. The second-order valence-electron chi connectivity index (χ2n) is 9.97. The summed E-state index contributed by atoms with van der Waals surface area (Å²) < 4.78 is 6.02. The summed E-state index contributed by atoms with van der Waals surface area (Å²) in [5, 5.41) is 7.50. The quantitative estimate of drug-likeness (QED) is 0.227. The third-order valence-corrected chi connectivity index (χ3v) is 7.68. The number of oxazole rings is 1. The average molecular weight is 498 g/mol. The molecule has 8 aromatic rings. The van der Waals surface area contributed by atoms with Gasteiger partial charge >= 0.3 is 0 Å². The van der Waals surface area contributed by atoms with E-state index in [1.807, 2.05) is 24.3 Å². The lowest BCUT2D eigenvalue weighted by Gasteiger charge is -2.18. The van der Waals surface area contributed by atoms with Gasteiger partial charge in [0.25, 0.3) is 0 Å². The van der Waals surface area contributed by atoms with E-state index in [-0.39, 0.29) is 0 Å². The lowest BCUT2D eigenvalue weighted by Crippen LogP contribution is -1.91. The molecule has 0 saturated heterocycles. The second-order valence-corrected chi connectivity index (χ2v) is 9.97. The summed E-state index contributed by atoms with van der Waals surface area (Å²) >= 11 is 0. The number of rotatable bonds is 3. The molecule has 8 rings (SSSR count). The zero-order chi connectivity index (χ0) is 25.8. The van der Waals surface area contributed by atoms with Crippen LogP contribution in [0, 0.1) is 0 Å². The van der Waals surface area contributed by atoms with Gasteiger partial charge in [-0.1, -0.05) is 109 Å². The Morgan fingerprint density at radius 3 is 1.59 bits per heavy atom. The van der Waals surface area contributed by atoms with Gasteiger partial charge in [-0.2, -0.15) is 0 Å². The fourth-order valence-electron chi connectivity index (χ4n) is 5.87. The van der Waals surface area contributed by atoms with Gasteiger partial charge in [0.1, 0.15) is 5.52 Å². The largest absolute Gasteiger partial charge is 0.436 e. The maximum absolute atomic E-state index is 6.02. The van der Waals surface area contributed by atoms with E-state index in [0.717, 1.165) is 16.7 Å². The SMILES string of the molecule is c1ccc2cc(-c3c4ccccc4c(-c4ccc(-c5nc6ccccc6o5)cc4)c4ccccc34)ccc2c1. The molecule has 0 aliphatic carbocycles. The molecule has 2 heteroatoms. The highest BCUT2D eigenvalue weighted by Crippen LogP contribution is 2.44. The second kappa shape index (κ2) is 8.68. The fraction of sp³-hybridized carbons (Fsp3) is 0. The van der Waals surface area contributed by atoms with Gasteiger partial charge in [0.05, 0.1) is 0 Å². The predicted octanol–water partition coefficient (Wildman–Crippen LogP) is 10.3. The third-order valence-electron chi connectivity index (χ3n) is 7.68. The zero-order valence-corrected chi connectivity index (χ0v) is 21.1. The molecule has 0 saturated carbocycles. The van der Waals surface area contributed by atoms with Gasteiger partial charge < -0.3 is 4.42 Å². The number of hydrogen-bond donors (Lipinski definition) is 0. The Labute approximate surface area is 225 Å². The van der Waals surface area contributed by atoms with Crippen molar-refractivity contribution in [1.29, 1.82) is 0 Å². The maximum atomic E-state index is 6.02. The van der Waals surface area contributed by atoms with Gasteiger partial charge in [0.15, 0.2) is 5.58 Å². The Morgan fingerprint density at radius 2 is 0.923 bits per heavy atom. The van der Waals surface area contributed by atoms with Crippen molar-refractivity contribution < 1.29 is 4.42 Å². The Balaban J connectivity index is 1.35. The van der Waals surface area contributed by atoms with E-state index < -0.39 is 0 Å². The molecule has 0 aliphatic heterocycles. The number of para-hydroxylation sites is 2. The summed E-state index contributed by atoms with van der Waals surface area (Å²) in [6.07, 6.45) is 0. The molecule has 0 aliphatic rings. The smallest absolute Gasteiger partial charge is 0.227 e. The minimum atomic E-state index is 0.643. The molecular formula is C37H23NO. The van der Waals surface area contributed by atoms with Crippen LogP contribution in [0.5, 0.6) is 0 Å². The van der Waals surface area contributed by atoms with Crippen LogP contribution in [-0.2, 0) is 0 Å². The number of nitrogens with zero attached hydrogens (tertiary/aromatic N) is 1. The summed E-state index contributed by atoms with van der Waals surface area (Å²) in [5.41, 5.74) is 7.58. The van der Waals surface area contributed by atoms with Crippen LogP contribution in [0.15, 0.2) is 144 Å². The van der Waals surface area contributed by atoms with Gasteiger partial charge in [0.2, 0.25) is 5.89 Å². The van der Waals surface area contributed by atoms with E-state index in [1.165, 1.54) is 54.6 Å². The molecule has 1 aromatic heterocycles. The molecular weight excluding hydrogens is 474 g/mol. The molecule has 7 aromatic carbocycles. The van der Waals surface area contributed by atoms with Gasteiger partial charge in [-0.25, -0.2) is 4.98 Å². The maximum Gasteiger partial charge on any atom is 0.227 e. The summed E-state index contributed by atoms with van der Waals surface area (Å²) in [4.78, 5) is 4.69. The first kappa shape index (κ1) is 21.8. The van der Waals surface area contributed by atoms with Crippen LogP contribution in [0.4, 0.5) is 0 Å².